The van der Waals surface area contributed by atoms with E-state index in [2.05, 4.69) is 4.72 Å². The predicted octanol–water partition coefficient (Wildman–Crippen LogP) is 1.84. The lowest BCUT2D eigenvalue weighted by Crippen LogP contribution is -2.18. The maximum Gasteiger partial charge on any atom is 0.240 e. The predicted molar refractivity (Wildman–Crippen MR) is 78.3 cm³/mol. The highest BCUT2D eigenvalue weighted by Gasteiger charge is 2.14. The van der Waals surface area contributed by atoms with E-state index in [1.54, 1.807) is 24.3 Å². The highest BCUT2D eigenvalue weighted by atomic mass is 32.2. The Labute approximate surface area is 122 Å². The van der Waals surface area contributed by atoms with Gasteiger partial charge >= 0.3 is 0 Å². The van der Waals surface area contributed by atoms with Crippen LogP contribution in [0.25, 0.3) is 0 Å². The largest absolute Gasteiger partial charge is 0.454 e. The molecule has 0 unspecified atom stereocenters. The fourth-order valence-corrected chi connectivity index (χ4v) is 2.44. The van der Waals surface area contributed by atoms with Gasteiger partial charge in [0.2, 0.25) is 10.0 Å². The third-order valence-corrected chi connectivity index (χ3v) is 4.20. The van der Waals surface area contributed by atoms with Gasteiger partial charge in [-0.15, -0.1) is 0 Å². The van der Waals surface area contributed by atoms with E-state index in [4.69, 9.17) is 15.7 Å². The molecule has 7 heteroatoms. The van der Waals surface area contributed by atoms with Crippen molar-refractivity contribution < 1.29 is 13.2 Å². The lowest BCUT2D eigenvalue weighted by Gasteiger charge is -2.11. The van der Waals surface area contributed by atoms with Crippen LogP contribution < -0.4 is 15.2 Å². The van der Waals surface area contributed by atoms with Crippen molar-refractivity contribution in [1.29, 1.82) is 5.26 Å². The summed E-state index contributed by atoms with van der Waals surface area (Å²) in [7, 11) is -2.24. The van der Waals surface area contributed by atoms with Gasteiger partial charge in [-0.05, 0) is 37.4 Å². The smallest absolute Gasteiger partial charge is 0.240 e. The lowest BCUT2D eigenvalue weighted by atomic mass is 10.2. The molecule has 2 aromatic rings. The molecule has 0 fully saturated rings. The van der Waals surface area contributed by atoms with Crippen molar-refractivity contribution in [2.24, 2.45) is 0 Å². The molecule has 0 saturated heterocycles. The fourth-order valence-electron chi connectivity index (χ4n) is 1.67. The van der Waals surface area contributed by atoms with Crippen LogP contribution in [0.2, 0.25) is 0 Å². The number of sulfonamides is 1. The molecule has 0 aliphatic rings. The quantitative estimate of drug-likeness (QED) is 0.838. The fraction of sp³-hybridized carbons (Fsp3) is 0.0714. The zero-order valence-electron chi connectivity index (χ0n) is 11.2. The summed E-state index contributed by atoms with van der Waals surface area (Å²) in [5.41, 5.74) is 6.34. The molecule has 6 nitrogen and oxygen atoms in total. The first kappa shape index (κ1) is 14.8. The number of nitriles is 1. The average molecular weight is 303 g/mol. The van der Waals surface area contributed by atoms with Gasteiger partial charge in [0.1, 0.15) is 17.6 Å². The SMILES string of the molecule is CNS(=O)(=O)c1ccc(Oc2ccccc2C#N)c(N)c1. The zero-order chi connectivity index (χ0) is 15.5. The van der Waals surface area contributed by atoms with Crippen molar-refractivity contribution in [3.63, 3.8) is 0 Å². The summed E-state index contributed by atoms with van der Waals surface area (Å²) < 4.78 is 31.1. The van der Waals surface area contributed by atoms with Gasteiger partial charge in [0.15, 0.2) is 0 Å². The summed E-state index contributed by atoms with van der Waals surface area (Å²) in [5.74, 6) is 0.642. The monoisotopic (exact) mass is 303 g/mol. The number of nitrogen functional groups attached to an aromatic ring is 1. The van der Waals surface area contributed by atoms with Crippen molar-refractivity contribution in [2.75, 3.05) is 12.8 Å². The van der Waals surface area contributed by atoms with E-state index < -0.39 is 10.0 Å². The zero-order valence-corrected chi connectivity index (χ0v) is 12.0. The minimum Gasteiger partial charge on any atom is -0.454 e. The number of nitrogens with two attached hydrogens (primary N) is 1. The van der Waals surface area contributed by atoms with E-state index in [0.717, 1.165) is 0 Å². The molecular formula is C14H13N3O3S. The van der Waals surface area contributed by atoms with E-state index in [1.807, 2.05) is 6.07 Å². The van der Waals surface area contributed by atoms with Gasteiger partial charge in [0, 0.05) is 0 Å². The number of nitrogens with zero attached hydrogens (tertiary/aromatic N) is 1. The molecule has 21 heavy (non-hydrogen) atoms. The first-order chi connectivity index (χ1) is 9.97. The Morgan fingerprint density at radius 3 is 2.52 bits per heavy atom. The molecule has 0 heterocycles. The highest BCUT2D eigenvalue weighted by Crippen LogP contribution is 2.31. The van der Waals surface area contributed by atoms with E-state index in [9.17, 15) is 8.42 Å². The first-order valence-corrected chi connectivity index (χ1v) is 7.46. The van der Waals surface area contributed by atoms with Crippen LogP contribution >= 0.6 is 0 Å². The number of anilines is 1. The Hall–Kier alpha value is -2.56. The normalized spacial score (nSPS) is 10.9. The van der Waals surface area contributed by atoms with Crippen LogP contribution in [0.15, 0.2) is 47.4 Å². The highest BCUT2D eigenvalue weighted by molar-refractivity contribution is 7.89. The van der Waals surface area contributed by atoms with E-state index in [-0.39, 0.29) is 16.3 Å². The Balaban J connectivity index is 2.37. The van der Waals surface area contributed by atoms with Crippen LogP contribution in [0.4, 0.5) is 5.69 Å². The van der Waals surface area contributed by atoms with Crippen LogP contribution in [0, 0.1) is 11.3 Å². The molecule has 0 aliphatic heterocycles. The molecule has 2 rings (SSSR count). The van der Waals surface area contributed by atoms with Crippen molar-refractivity contribution in [3.8, 4) is 17.6 Å². The molecule has 2 aromatic carbocycles. The van der Waals surface area contributed by atoms with Crippen LogP contribution in [0.1, 0.15) is 5.56 Å². The number of rotatable bonds is 4. The Kier molecular flexibility index (Phi) is 4.12. The van der Waals surface area contributed by atoms with Gasteiger partial charge in [0.05, 0.1) is 16.1 Å². The number of hydrogen-bond acceptors (Lipinski definition) is 5. The van der Waals surface area contributed by atoms with Crippen molar-refractivity contribution in [1.82, 2.24) is 4.72 Å². The van der Waals surface area contributed by atoms with Crippen molar-refractivity contribution in [2.45, 2.75) is 4.90 Å². The van der Waals surface area contributed by atoms with Gasteiger partial charge in [-0.1, -0.05) is 12.1 Å². The van der Waals surface area contributed by atoms with Crippen LogP contribution in [-0.2, 0) is 10.0 Å². The molecule has 108 valence electrons. The van der Waals surface area contributed by atoms with Gasteiger partial charge in [-0.25, -0.2) is 13.1 Å². The summed E-state index contributed by atoms with van der Waals surface area (Å²) in [4.78, 5) is 0.0448. The Bertz CT molecular complexity index is 810. The molecule has 0 bridgehead atoms. The molecular weight excluding hydrogens is 290 g/mol. The molecule has 0 amide bonds. The first-order valence-electron chi connectivity index (χ1n) is 5.98. The summed E-state index contributed by atoms with van der Waals surface area (Å²) in [6, 6.07) is 12.8. The van der Waals surface area contributed by atoms with Crippen LogP contribution in [-0.4, -0.2) is 15.5 Å². The second kappa shape index (κ2) is 5.83. The Morgan fingerprint density at radius 1 is 1.19 bits per heavy atom. The molecule has 0 saturated carbocycles. The number of ether oxygens (including phenoxy) is 1. The maximum absolute atomic E-state index is 11.7. The van der Waals surface area contributed by atoms with Gasteiger partial charge in [-0.3, -0.25) is 0 Å². The summed E-state index contributed by atoms with van der Waals surface area (Å²) >= 11 is 0. The topological polar surface area (TPSA) is 105 Å². The Morgan fingerprint density at radius 2 is 1.90 bits per heavy atom. The van der Waals surface area contributed by atoms with Crippen LogP contribution in [0.5, 0.6) is 11.5 Å². The second-order valence-electron chi connectivity index (χ2n) is 4.12. The average Bonchev–Trinajstić information content (AvgIpc) is 2.49. The van der Waals surface area contributed by atoms with Crippen LogP contribution in [0.3, 0.4) is 0 Å². The third-order valence-electron chi connectivity index (χ3n) is 2.79. The van der Waals surface area contributed by atoms with E-state index >= 15 is 0 Å². The van der Waals surface area contributed by atoms with Gasteiger partial charge in [0.25, 0.3) is 0 Å². The van der Waals surface area contributed by atoms with Gasteiger partial charge < -0.3 is 10.5 Å². The molecule has 0 atom stereocenters. The van der Waals surface area contributed by atoms with Crippen molar-refractivity contribution >= 4 is 15.7 Å². The van der Waals surface area contributed by atoms with E-state index in [0.29, 0.717) is 11.3 Å². The minimum atomic E-state index is -3.56. The number of hydrogen-bond donors (Lipinski definition) is 2. The second-order valence-corrected chi connectivity index (χ2v) is 6.00. The minimum absolute atomic E-state index is 0.0448. The summed E-state index contributed by atoms with van der Waals surface area (Å²) in [6.45, 7) is 0. The van der Waals surface area contributed by atoms with Gasteiger partial charge in [-0.2, -0.15) is 5.26 Å². The summed E-state index contributed by atoms with van der Waals surface area (Å²) in [5, 5.41) is 9.00. The molecule has 0 radical (unpaired) electrons. The third kappa shape index (κ3) is 3.13. The number of para-hydroxylation sites is 1. The standard InChI is InChI=1S/C14H13N3O3S/c1-17-21(18,19)11-6-7-14(12(16)8-11)20-13-5-3-2-4-10(13)9-15/h2-8,17H,16H2,1H3. The lowest BCUT2D eigenvalue weighted by molar-refractivity contribution is 0.483. The number of nitrogens with one attached hydrogen (secondary N) is 1. The number of benzene rings is 2. The van der Waals surface area contributed by atoms with Crippen molar-refractivity contribution in [3.05, 3.63) is 48.0 Å². The molecule has 0 aliphatic carbocycles. The maximum atomic E-state index is 11.7. The van der Waals surface area contributed by atoms with E-state index in [1.165, 1.54) is 25.2 Å². The molecule has 0 aromatic heterocycles. The summed E-state index contributed by atoms with van der Waals surface area (Å²) in [6.07, 6.45) is 0. The molecule has 3 N–H and O–H groups in total. The molecule has 0 spiro atoms.